The van der Waals surface area contributed by atoms with Crippen molar-refractivity contribution in [1.29, 1.82) is 0 Å². The summed E-state index contributed by atoms with van der Waals surface area (Å²) in [6.07, 6.45) is 0. The monoisotopic (exact) mass is 275 g/mol. The molecule has 1 N–H and O–H groups in total. The number of hydrogen-bond donors (Lipinski definition) is 1. The summed E-state index contributed by atoms with van der Waals surface area (Å²) in [4.78, 5) is 0. The first-order valence-electron chi connectivity index (χ1n) is 7.54. The van der Waals surface area contributed by atoms with Crippen LogP contribution in [-0.2, 0) is 6.54 Å². The Morgan fingerprint density at radius 1 is 0.810 bits per heavy atom. The van der Waals surface area contributed by atoms with E-state index in [1.165, 1.54) is 27.5 Å². The van der Waals surface area contributed by atoms with Crippen LogP contribution in [0.25, 0.3) is 21.9 Å². The molecule has 0 saturated carbocycles. The zero-order chi connectivity index (χ0) is 14.7. The van der Waals surface area contributed by atoms with Crippen LogP contribution in [0, 0.1) is 0 Å². The van der Waals surface area contributed by atoms with Crippen molar-refractivity contribution in [2.45, 2.75) is 26.4 Å². The molecule has 0 unspecified atom stereocenters. The van der Waals surface area contributed by atoms with Crippen LogP contribution in [-0.4, -0.2) is 6.04 Å². The van der Waals surface area contributed by atoms with Gasteiger partial charge in [0.15, 0.2) is 0 Å². The van der Waals surface area contributed by atoms with E-state index in [2.05, 4.69) is 85.9 Å². The van der Waals surface area contributed by atoms with Crippen LogP contribution in [0.1, 0.15) is 19.4 Å². The van der Waals surface area contributed by atoms with Gasteiger partial charge in [-0.25, -0.2) is 0 Å². The molecule has 3 aromatic rings. The lowest BCUT2D eigenvalue weighted by molar-refractivity contribution is 0.589. The molecule has 106 valence electrons. The highest BCUT2D eigenvalue weighted by Crippen LogP contribution is 2.28. The Bertz CT molecular complexity index is 721. The SMILES string of the molecule is CC(C)NCc1ccc(-c2cccc3ccccc23)cc1. The van der Waals surface area contributed by atoms with E-state index in [0.29, 0.717) is 6.04 Å². The van der Waals surface area contributed by atoms with Crippen LogP contribution in [0.15, 0.2) is 66.7 Å². The minimum atomic E-state index is 0.516. The van der Waals surface area contributed by atoms with Crippen molar-refractivity contribution in [3.05, 3.63) is 72.3 Å². The van der Waals surface area contributed by atoms with E-state index in [0.717, 1.165) is 6.54 Å². The van der Waals surface area contributed by atoms with Crippen molar-refractivity contribution in [2.24, 2.45) is 0 Å². The summed E-state index contributed by atoms with van der Waals surface area (Å²) in [6, 6.07) is 24.4. The lowest BCUT2D eigenvalue weighted by Gasteiger charge is -2.10. The Hall–Kier alpha value is -2.12. The van der Waals surface area contributed by atoms with Gasteiger partial charge in [0.05, 0.1) is 0 Å². The van der Waals surface area contributed by atoms with E-state index in [-0.39, 0.29) is 0 Å². The molecule has 3 rings (SSSR count). The molecule has 0 aliphatic heterocycles. The van der Waals surface area contributed by atoms with Crippen molar-refractivity contribution in [3.8, 4) is 11.1 Å². The minimum Gasteiger partial charge on any atom is -0.310 e. The topological polar surface area (TPSA) is 12.0 Å². The molecular formula is C20H21N. The first kappa shape index (κ1) is 13.8. The number of hydrogen-bond acceptors (Lipinski definition) is 1. The van der Waals surface area contributed by atoms with Gasteiger partial charge in [0.2, 0.25) is 0 Å². The average molecular weight is 275 g/mol. The van der Waals surface area contributed by atoms with Crippen LogP contribution in [0.2, 0.25) is 0 Å². The third-order valence-electron chi connectivity index (χ3n) is 3.77. The Morgan fingerprint density at radius 2 is 1.52 bits per heavy atom. The molecule has 0 bridgehead atoms. The van der Waals surface area contributed by atoms with Gasteiger partial charge in [0.25, 0.3) is 0 Å². The Balaban J connectivity index is 1.92. The maximum absolute atomic E-state index is 3.45. The fraction of sp³-hybridized carbons (Fsp3) is 0.200. The lowest BCUT2D eigenvalue weighted by atomic mass is 9.97. The largest absolute Gasteiger partial charge is 0.310 e. The van der Waals surface area contributed by atoms with Gasteiger partial charge in [0.1, 0.15) is 0 Å². The second-order valence-electron chi connectivity index (χ2n) is 5.76. The second-order valence-corrected chi connectivity index (χ2v) is 5.76. The summed E-state index contributed by atoms with van der Waals surface area (Å²) in [6.45, 7) is 5.27. The zero-order valence-electron chi connectivity index (χ0n) is 12.6. The van der Waals surface area contributed by atoms with Crippen LogP contribution in [0.5, 0.6) is 0 Å². The summed E-state index contributed by atoms with van der Waals surface area (Å²) < 4.78 is 0. The van der Waals surface area contributed by atoms with E-state index in [1.54, 1.807) is 0 Å². The summed E-state index contributed by atoms with van der Waals surface area (Å²) in [5.41, 5.74) is 3.91. The number of fused-ring (bicyclic) bond motifs is 1. The van der Waals surface area contributed by atoms with Gasteiger partial charge in [-0.15, -0.1) is 0 Å². The van der Waals surface area contributed by atoms with E-state index < -0.39 is 0 Å². The zero-order valence-corrected chi connectivity index (χ0v) is 12.6. The molecule has 0 fully saturated rings. The molecule has 0 radical (unpaired) electrons. The first-order chi connectivity index (χ1) is 10.2. The first-order valence-corrected chi connectivity index (χ1v) is 7.54. The second kappa shape index (κ2) is 6.11. The summed E-state index contributed by atoms with van der Waals surface area (Å²) in [5.74, 6) is 0. The minimum absolute atomic E-state index is 0.516. The molecule has 1 nitrogen and oxygen atoms in total. The van der Waals surface area contributed by atoms with Crippen molar-refractivity contribution in [1.82, 2.24) is 5.32 Å². The van der Waals surface area contributed by atoms with Crippen LogP contribution >= 0.6 is 0 Å². The van der Waals surface area contributed by atoms with E-state index in [1.807, 2.05) is 0 Å². The molecule has 0 amide bonds. The third-order valence-corrected chi connectivity index (χ3v) is 3.77. The normalized spacial score (nSPS) is 11.2. The Morgan fingerprint density at radius 3 is 2.29 bits per heavy atom. The molecular weight excluding hydrogens is 254 g/mol. The molecule has 0 aliphatic carbocycles. The lowest BCUT2D eigenvalue weighted by Crippen LogP contribution is -2.21. The maximum Gasteiger partial charge on any atom is 0.0207 e. The van der Waals surface area contributed by atoms with Crippen LogP contribution in [0.4, 0.5) is 0 Å². The highest BCUT2D eigenvalue weighted by atomic mass is 14.9. The molecule has 0 spiro atoms. The van der Waals surface area contributed by atoms with E-state index in [9.17, 15) is 0 Å². The van der Waals surface area contributed by atoms with Gasteiger partial charge in [-0.2, -0.15) is 0 Å². The molecule has 0 saturated heterocycles. The van der Waals surface area contributed by atoms with Gasteiger partial charge in [-0.1, -0.05) is 80.6 Å². The molecule has 0 aromatic heterocycles. The fourth-order valence-corrected chi connectivity index (χ4v) is 2.60. The van der Waals surface area contributed by atoms with Crippen LogP contribution in [0.3, 0.4) is 0 Å². The highest BCUT2D eigenvalue weighted by Gasteiger charge is 2.03. The quantitative estimate of drug-likeness (QED) is 0.706. The number of rotatable bonds is 4. The molecule has 21 heavy (non-hydrogen) atoms. The van der Waals surface area contributed by atoms with E-state index >= 15 is 0 Å². The predicted molar refractivity (Wildman–Crippen MR) is 91.4 cm³/mol. The summed E-state index contributed by atoms with van der Waals surface area (Å²) in [5, 5.41) is 6.06. The predicted octanol–water partition coefficient (Wildman–Crippen LogP) is 5.00. The summed E-state index contributed by atoms with van der Waals surface area (Å²) in [7, 11) is 0. The Kier molecular flexibility index (Phi) is 4.03. The number of nitrogens with one attached hydrogen (secondary N) is 1. The standard InChI is InChI=1S/C20H21N/c1-15(2)21-14-16-10-12-18(13-11-16)20-9-5-7-17-6-3-4-8-19(17)20/h3-13,15,21H,14H2,1-2H3. The van der Waals surface area contributed by atoms with Gasteiger partial charge in [-0.05, 0) is 27.5 Å². The van der Waals surface area contributed by atoms with Crippen molar-refractivity contribution in [2.75, 3.05) is 0 Å². The van der Waals surface area contributed by atoms with Gasteiger partial charge in [0, 0.05) is 12.6 Å². The van der Waals surface area contributed by atoms with Crippen molar-refractivity contribution < 1.29 is 0 Å². The smallest absolute Gasteiger partial charge is 0.0207 e. The van der Waals surface area contributed by atoms with Crippen molar-refractivity contribution in [3.63, 3.8) is 0 Å². The van der Waals surface area contributed by atoms with Crippen molar-refractivity contribution >= 4 is 10.8 Å². The summed E-state index contributed by atoms with van der Waals surface area (Å²) >= 11 is 0. The average Bonchev–Trinajstić information content (AvgIpc) is 2.53. The molecule has 0 aliphatic rings. The van der Waals surface area contributed by atoms with Crippen LogP contribution < -0.4 is 5.32 Å². The van der Waals surface area contributed by atoms with Gasteiger partial charge < -0.3 is 5.32 Å². The number of benzene rings is 3. The molecule has 0 heterocycles. The van der Waals surface area contributed by atoms with Gasteiger partial charge >= 0.3 is 0 Å². The Labute approximate surface area is 126 Å². The molecule has 3 aromatic carbocycles. The molecule has 0 atom stereocenters. The van der Waals surface area contributed by atoms with E-state index in [4.69, 9.17) is 0 Å². The van der Waals surface area contributed by atoms with Gasteiger partial charge in [-0.3, -0.25) is 0 Å². The molecule has 1 heteroatoms. The fourth-order valence-electron chi connectivity index (χ4n) is 2.60. The highest BCUT2D eigenvalue weighted by molar-refractivity contribution is 5.96. The third kappa shape index (κ3) is 3.14. The maximum atomic E-state index is 3.45.